The van der Waals surface area contributed by atoms with Crippen LogP contribution in [0.2, 0.25) is 0 Å². The Morgan fingerprint density at radius 1 is 1.20 bits per heavy atom. The van der Waals surface area contributed by atoms with Gasteiger partial charge in [-0.25, -0.2) is 0 Å². The van der Waals surface area contributed by atoms with Gasteiger partial charge in [0.1, 0.15) is 0 Å². The molecule has 2 fully saturated rings. The minimum atomic E-state index is -0.0725. The molecule has 1 saturated heterocycles. The smallest absolute Gasteiger partial charge is 0.237 e. The fourth-order valence-corrected chi connectivity index (χ4v) is 4.38. The van der Waals surface area contributed by atoms with Gasteiger partial charge in [-0.2, -0.15) is 0 Å². The molecule has 4 atom stereocenters. The van der Waals surface area contributed by atoms with E-state index in [1.807, 2.05) is 26.0 Å². The molecular weight excluding hydrogens is 316 g/mol. The lowest BCUT2D eigenvalue weighted by molar-refractivity contribution is -0.123. The number of rotatable bonds is 5. The van der Waals surface area contributed by atoms with E-state index in [1.165, 1.54) is 25.7 Å². The zero-order valence-corrected chi connectivity index (χ0v) is 15.7. The minimum Gasteiger partial charge on any atom is -0.493 e. The summed E-state index contributed by atoms with van der Waals surface area (Å²) in [5.74, 6) is 2.18. The van der Waals surface area contributed by atoms with Gasteiger partial charge in [0, 0.05) is 6.04 Å². The van der Waals surface area contributed by atoms with Crippen molar-refractivity contribution < 1.29 is 14.3 Å². The van der Waals surface area contributed by atoms with Crippen LogP contribution in [0.25, 0.3) is 0 Å². The molecule has 5 nitrogen and oxygen atoms in total. The van der Waals surface area contributed by atoms with Gasteiger partial charge in [0.05, 0.1) is 26.3 Å². The number of ether oxygens (including phenoxy) is 2. The van der Waals surface area contributed by atoms with Gasteiger partial charge < -0.3 is 20.1 Å². The van der Waals surface area contributed by atoms with Gasteiger partial charge in [-0.3, -0.25) is 4.79 Å². The second-order valence-corrected chi connectivity index (χ2v) is 7.40. The summed E-state index contributed by atoms with van der Waals surface area (Å²) in [5, 5.41) is 6.73. The van der Waals surface area contributed by atoms with Crippen molar-refractivity contribution >= 4 is 5.91 Å². The number of nitrogens with one attached hydrogen (secondary N) is 2. The molecule has 1 amide bonds. The van der Waals surface area contributed by atoms with E-state index < -0.39 is 0 Å². The molecule has 3 rings (SSSR count). The van der Waals surface area contributed by atoms with Crippen molar-refractivity contribution in [3.8, 4) is 11.5 Å². The van der Waals surface area contributed by atoms with Crippen molar-refractivity contribution in [2.45, 2.75) is 64.1 Å². The molecule has 1 saturated carbocycles. The van der Waals surface area contributed by atoms with Gasteiger partial charge in [0.2, 0.25) is 5.91 Å². The van der Waals surface area contributed by atoms with Crippen molar-refractivity contribution in [2.24, 2.45) is 5.92 Å². The zero-order valence-electron chi connectivity index (χ0n) is 15.7. The molecule has 2 aliphatic rings. The number of aryl methyl sites for hydroxylation is 1. The topological polar surface area (TPSA) is 59.6 Å². The molecule has 0 bridgehead atoms. The van der Waals surface area contributed by atoms with Crippen LogP contribution in [0.4, 0.5) is 0 Å². The summed E-state index contributed by atoms with van der Waals surface area (Å²) in [7, 11) is 3.26. The Labute approximate surface area is 150 Å². The number of carbonyl (C=O) groups excluding carboxylic acids is 1. The van der Waals surface area contributed by atoms with Gasteiger partial charge in [0.15, 0.2) is 11.5 Å². The van der Waals surface area contributed by atoms with Crippen LogP contribution in [-0.2, 0) is 4.79 Å². The highest BCUT2D eigenvalue weighted by molar-refractivity contribution is 5.82. The first-order valence-electron chi connectivity index (χ1n) is 9.32. The molecule has 0 spiro atoms. The minimum absolute atomic E-state index is 0.0593. The highest BCUT2D eigenvalue weighted by Crippen LogP contribution is 2.35. The predicted octanol–water partition coefficient (Wildman–Crippen LogP) is 3.11. The highest BCUT2D eigenvalue weighted by atomic mass is 16.5. The summed E-state index contributed by atoms with van der Waals surface area (Å²) in [4.78, 5) is 12.7. The van der Waals surface area contributed by atoms with Gasteiger partial charge in [-0.15, -0.1) is 0 Å². The molecule has 1 aliphatic heterocycles. The van der Waals surface area contributed by atoms with Crippen molar-refractivity contribution in [3.63, 3.8) is 0 Å². The lowest BCUT2D eigenvalue weighted by atomic mass is 9.85. The average molecular weight is 346 g/mol. The number of fused-ring (bicyclic) bond motifs is 1. The van der Waals surface area contributed by atoms with Crippen LogP contribution in [0.3, 0.4) is 0 Å². The molecule has 1 heterocycles. The lowest BCUT2D eigenvalue weighted by Gasteiger charge is -2.24. The summed E-state index contributed by atoms with van der Waals surface area (Å²) in [6, 6.07) is 4.32. The Bertz CT molecular complexity index is 618. The van der Waals surface area contributed by atoms with Crippen molar-refractivity contribution in [3.05, 3.63) is 23.3 Å². The fourth-order valence-electron chi connectivity index (χ4n) is 4.38. The molecular formula is C20H30N2O3. The van der Waals surface area contributed by atoms with E-state index in [1.54, 1.807) is 14.2 Å². The quantitative estimate of drug-likeness (QED) is 0.860. The largest absolute Gasteiger partial charge is 0.493 e. The Balaban J connectivity index is 1.67. The molecule has 2 N–H and O–H groups in total. The van der Waals surface area contributed by atoms with Crippen LogP contribution in [0.1, 0.15) is 56.2 Å². The number of amides is 1. The number of carbonyl (C=O) groups is 1. The van der Waals surface area contributed by atoms with Crippen LogP contribution in [0.5, 0.6) is 11.5 Å². The van der Waals surface area contributed by atoms with Crippen LogP contribution in [0, 0.1) is 12.8 Å². The molecule has 1 aliphatic carbocycles. The fraction of sp³-hybridized carbons (Fsp3) is 0.650. The Morgan fingerprint density at radius 3 is 2.56 bits per heavy atom. The normalized spacial score (nSPS) is 26.6. The van der Waals surface area contributed by atoms with E-state index in [0.29, 0.717) is 23.5 Å². The first-order valence-corrected chi connectivity index (χ1v) is 9.32. The molecule has 0 radical (unpaired) electrons. The molecule has 5 heteroatoms. The maximum atomic E-state index is 12.7. The lowest BCUT2D eigenvalue weighted by Crippen LogP contribution is -2.44. The van der Waals surface area contributed by atoms with Crippen LogP contribution in [-0.4, -0.2) is 32.2 Å². The molecule has 1 aromatic carbocycles. The van der Waals surface area contributed by atoms with Crippen molar-refractivity contribution in [1.82, 2.24) is 10.6 Å². The SMILES string of the molecule is COc1cc(C)c(C(C)NC(=O)C2CC3CCCCC3N2)cc1OC. The van der Waals surface area contributed by atoms with Gasteiger partial charge in [0.25, 0.3) is 0 Å². The third-order valence-electron chi connectivity index (χ3n) is 5.78. The first kappa shape index (κ1) is 18.1. The monoisotopic (exact) mass is 346 g/mol. The molecule has 25 heavy (non-hydrogen) atoms. The Morgan fingerprint density at radius 2 is 1.88 bits per heavy atom. The molecule has 138 valence electrons. The predicted molar refractivity (Wildman–Crippen MR) is 98.1 cm³/mol. The second-order valence-electron chi connectivity index (χ2n) is 7.40. The molecule has 1 aromatic rings. The van der Waals surface area contributed by atoms with E-state index in [0.717, 1.165) is 17.5 Å². The number of benzene rings is 1. The third kappa shape index (κ3) is 3.76. The summed E-state index contributed by atoms with van der Waals surface area (Å²) in [5.41, 5.74) is 2.14. The maximum Gasteiger partial charge on any atom is 0.237 e. The van der Waals surface area contributed by atoms with Crippen molar-refractivity contribution in [1.29, 1.82) is 0 Å². The Kier molecular flexibility index (Phi) is 5.52. The summed E-state index contributed by atoms with van der Waals surface area (Å²) < 4.78 is 10.7. The van der Waals surface area contributed by atoms with Crippen LogP contribution < -0.4 is 20.1 Å². The zero-order chi connectivity index (χ0) is 18.0. The molecule has 0 aromatic heterocycles. The van der Waals surface area contributed by atoms with Crippen LogP contribution in [0.15, 0.2) is 12.1 Å². The summed E-state index contributed by atoms with van der Waals surface area (Å²) in [6.45, 7) is 4.05. The summed E-state index contributed by atoms with van der Waals surface area (Å²) in [6.07, 6.45) is 6.01. The van der Waals surface area contributed by atoms with Gasteiger partial charge >= 0.3 is 0 Å². The van der Waals surface area contributed by atoms with E-state index in [4.69, 9.17) is 9.47 Å². The van der Waals surface area contributed by atoms with E-state index in [9.17, 15) is 4.79 Å². The number of hydrogen-bond donors (Lipinski definition) is 2. The highest BCUT2D eigenvalue weighted by Gasteiger charge is 2.38. The van der Waals surface area contributed by atoms with Crippen molar-refractivity contribution in [2.75, 3.05) is 14.2 Å². The average Bonchev–Trinajstić information content (AvgIpc) is 3.05. The van der Waals surface area contributed by atoms with E-state index in [-0.39, 0.29) is 18.0 Å². The summed E-state index contributed by atoms with van der Waals surface area (Å²) >= 11 is 0. The van der Waals surface area contributed by atoms with Gasteiger partial charge in [-0.05, 0) is 62.3 Å². The third-order valence-corrected chi connectivity index (χ3v) is 5.78. The van der Waals surface area contributed by atoms with E-state index >= 15 is 0 Å². The molecule has 4 unspecified atom stereocenters. The van der Waals surface area contributed by atoms with Crippen LogP contribution >= 0.6 is 0 Å². The standard InChI is InChI=1S/C20H30N2O3/c1-12-9-18(24-3)19(25-4)11-15(12)13(2)21-20(23)17-10-14-7-5-6-8-16(14)22-17/h9,11,13-14,16-17,22H,5-8,10H2,1-4H3,(H,21,23). The maximum absolute atomic E-state index is 12.7. The second kappa shape index (κ2) is 7.65. The van der Waals surface area contributed by atoms with E-state index in [2.05, 4.69) is 10.6 Å². The number of methoxy groups -OCH3 is 2. The number of hydrogen-bond acceptors (Lipinski definition) is 4. The Hall–Kier alpha value is -1.75. The first-order chi connectivity index (χ1) is 12.0. The van der Waals surface area contributed by atoms with Gasteiger partial charge in [-0.1, -0.05) is 12.8 Å².